The van der Waals surface area contributed by atoms with E-state index in [0.717, 1.165) is 4.88 Å². The summed E-state index contributed by atoms with van der Waals surface area (Å²) in [6.07, 6.45) is 1.69. The molecular weight excluding hydrogens is 230 g/mol. The van der Waals surface area contributed by atoms with Crippen LogP contribution in [-0.2, 0) is 4.79 Å². The molecule has 0 aromatic carbocycles. The smallest absolute Gasteiger partial charge is 0.236 e. The highest BCUT2D eigenvalue weighted by Crippen LogP contribution is 2.13. The molecule has 0 unspecified atom stereocenters. The van der Waals surface area contributed by atoms with Gasteiger partial charge >= 0.3 is 0 Å². The minimum Gasteiger partial charge on any atom is -0.303 e. The standard InChI is InChI=1S/C9H9N3OS2/c1-6-2-3-7(15-6)4-10-12-9-11-8(13)5-14-9/h2-4H,5H2,1H3,(H,11,12,13)/b10-4-. The zero-order chi connectivity index (χ0) is 10.7. The van der Waals surface area contributed by atoms with Crippen molar-refractivity contribution in [2.45, 2.75) is 6.92 Å². The van der Waals surface area contributed by atoms with E-state index in [9.17, 15) is 4.79 Å². The number of carbonyl (C=O) groups is 1. The molecule has 1 fully saturated rings. The van der Waals surface area contributed by atoms with E-state index in [0.29, 0.717) is 10.9 Å². The van der Waals surface area contributed by atoms with E-state index in [2.05, 4.69) is 15.5 Å². The minimum absolute atomic E-state index is 0.0130. The number of hydrogen-bond donors (Lipinski definition) is 1. The van der Waals surface area contributed by atoms with Crippen molar-refractivity contribution < 1.29 is 4.79 Å². The Labute approximate surface area is 95.5 Å². The van der Waals surface area contributed by atoms with Gasteiger partial charge in [0, 0.05) is 9.75 Å². The van der Waals surface area contributed by atoms with Gasteiger partial charge in [0.1, 0.15) is 0 Å². The van der Waals surface area contributed by atoms with Crippen LogP contribution >= 0.6 is 23.1 Å². The molecule has 4 nitrogen and oxygen atoms in total. The lowest BCUT2D eigenvalue weighted by Gasteiger charge is -1.88. The van der Waals surface area contributed by atoms with Crippen molar-refractivity contribution in [1.29, 1.82) is 0 Å². The maximum absolute atomic E-state index is 10.8. The van der Waals surface area contributed by atoms with E-state index in [1.54, 1.807) is 17.6 Å². The summed E-state index contributed by atoms with van der Waals surface area (Å²) in [7, 11) is 0. The van der Waals surface area contributed by atoms with Gasteiger partial charge in [0.05, 0.1) is 12.0 Å². The van der Waals surface area contributed by atoms with E-state index in [1.165, 1.54) is 16.6 Å². The molecule has 1 N–H and O–H groups in total. The van der Waals surface area contributed by atoms with Gasteiger partial charge in [0.2, 0.25) is 5.91 Å². The Morgan fingerprint density at radius 3 is 3.00 bits per heavy atom. The number of thioether (sulfide) groups is 1. The van der Waals surface area contributed by atoms with Crippen molar-refractivity contribution in [3.05, 3.63) is 21.9 Å². The number of amidine groups is 1. The molecule has 0 aliphatic carbocycles. The predicted molar refractivity (Wildman–Crippen MR) is 64.7 cm³/mol. The first-order chi connectivity index (χ1) is 7.24. The quantitative estimate of drug-likeness (QED) is 0.629. The molecule has 1 aliphatic heterocycles. The Balaban J connectivity index is 1.98. The lowest BCUT2D eigenvalue weighted by molar-refractivity contribution is -0.116. The molecule has 1 aromatic heterocycles. The molecule has 2 heterocycles. The van der Waals surface area contributed by atoms with Crippen LogP contribution in [0.15, 0.2) is 22.3 Å². The van der Waals surface area contributed by atoms with Crippen molar-refractivity contribution in [1.82, 2.24) is 5.32 Å². The first kappa shape index (κ1) is 10.4. The SMILES string of the molecule is Cc1ccc(/C=N\N=C2/NC(=O)CS2)s1. The van der Waals surface area contributed by atoms with Crippen molar-refractivity contribution in [3.8, 4) is 0 Å². The molecule has 1 saturated heterocycles. The largest absolute Gasteiger partial charge is 0.303 e. The molecular formula is C9H9N3OS2. The fraction of sp³-hybridized carbons (Fsp3) is 0.222. The summed E-state index contributed by atoms with van der Waals surface area (Å²) in [5, 5.41) is 11.0. The number of carbonyl (C=O) groups excluding carboxylic acids is 1. The van der Waals surface area contributed by atoms with Crippen LogP contribution in [0.4, 0.5) is 0 Å². The molecule has 15 heavy (non-hydrogen) atoms. The van der Waals surface area contributed by atoms with Crippen LogP contribution in [0.1, 0.15) is 9.75 Å². The van der Waals surface area contributed by atoms with E-state index >= 15 is 0 Å². The van der Waals surface area contributed by atoms with E-state index in [4.69, 9.17) is 0 Å². The maximum atomic E-state index is 10.8. The summed E-state index contributed by atoms with van der Waals surface area (Å²) < 4.78 is 0. The number of aryl methyl sites for hydroxylation is 1. The first-order valence-electron chi connectivity index (χ1n) is 4.34. The molecule has 6 heteroatoms. The minimum atomic E-state index is -0.0130. The van der Waals surface area contributed by atoms with E-state index in [-0.39, 0.29) is 5.91 Å². The topological polar surface area (TPSA) is 53.8 Å². The highest BCUT2D eigenvalue weighted by Gasteiger charge is 2.15. The fourth-order valence-electron chi connectivity index (χ4n) is 1.04. The number of nitrogens with zero attached hydrogens (tertiary/aromatic N) is 2. The average Bonchev–Trinajstić information content (AvgIpc) is 2.76. The number of rotatable bonds is 2. The number of nitrogens with one attached hydrogen (secondary N) is 1. The van der Waals surface area contributed by atoms with E-state index in [1.807, 2.05) is 19.1 Å². The third-order valence-corrected chi connectivity index (χ3v) is 3.48. The molecule has 0 atom stereocenters. The van der Waals surface area contributed by atoms with Crippen LogP contribution in [0.5, 0.6) is 0 Å². The molecule has 2 rings (SSSR count). The average molecular weight is 239 g/mol. The van der Waals surface area contributed by atoms with Crippen molar-refractivity contribution in [2.75, 3.05) is 5.75 Å². The summed E-state index contributed by atoms with van der Waals surface area (Å²) in [6.45, 7) is 2.04. The monoisotopic (exact) mass is 239 g/mol. The van der Waals surface area contributed by atoms with Gasteiger partial charge in [-0.2, -0.15) is 5.10 Å². The van der Waals surface area contributed by atoms with Gasteiger partial charge in [0.25, 0.3) is 0 Å². The van der Waals surface area contributed by atoms with Gasteiger partial charge in [-0.05, 0) is 19.1 Å². The van der Waals surface area contributed by atoms with Gasteiger partial charge in [-0.3, -0.25) is 4.79 Å². The van der Waals surface area contributed by atoms with Gasteiger partial charge in [-0.1, -0.05) is 11.8 Å². The Morgan fingerprint density at radius 1 is 1.53 bits per heavy atom. The number of hydrogen-bond acceptors (Lipinski definition) is 5. The Kier molecular flexibility index (Phi) is 3.17. The van der Waals surface area contributed by atoms with Crippen LogP contribution in [-0.4, -0.2) is 23.0 Å². The predicted octanol–water partition coefficient (Wildman–Crippen LogP) is 1.61. The number of amides is 1. The van der Waals surface area contributed by atoms with E-state index < -0.39 is 0 Å². The molecule has 1 amide bonds. The van der Waals surface area contributed by atoms with Crippen LogP contribution in [0.25, 0.3) is 0 Å². The van der Waals surface area contributed by atoms with Crippen LogP contribution in [0.3, 0.4) is 0 Å². The highest BCUT2D eigenvalue weighted by atomic mass is 32.2. The summed E-state index contributed by atoms with van der Waals surface area (Å²) in [6, 6.07) is 4.02. The summed E-state index contributed by atoms with van der Waals surface area (Å²) in [5.74, 6) is 0.424. The normalized spacial score (nSPS) is 19.0. The zero-order valence-corrected chi connectivity index (χ0v) is 9.69. The van der Waals surface area contributed by atoms with Crippen molar-refractivity contribution in [3.63, 3.8) is 0 Å². The third kappa shape index (κ3) is 2.90. The van der Waals surface area contributed by atoms with Gasteiger partial charge in [0.15, 0.2) is 5.17 Å². The Morgan fingerprint density at radius 2 is 2.40 bits per heavy atom. The van der Waals surface area contributed by atoms with Gasteiger partial charge in [-0.25, -0.2) is 0 Å². The van der Waals surface area contributed by atoms with Crippen molar-refractivity contribution in [2.24, 2.45) is 10.2 Å². The van der Waals surface area contributed by atoms with Crippen LogP contribution < -0.4 is 5.32 Å². The fourth-order valence-corrected chi connectivity index (χ4v) is 2.41. The highest BCUT2D eigenvalue weighted by molar-refractivity contribution is 8.15. The molecule has 0 radical (unpaired) electrons. The second kappa shape index (κ2) is 4.59. The third-order valence-electron chi connectivity index (χ3n) is 1.68. The molecule has 0 bridgehead atoms. The Bertz CT molecular complexity index is 436. The molecule has 1 aromatic rings. The molecule has 1 aliphatic rings. The summed E-state index contributed by atoms with van der Waals surface area (Å²) in [4.78, 5) is 13.1. The Hall–Kier alpha value is -1.14. The van der Waals surface area contributed by atoms with Gasteiger partial charge < -0.3 is 5.32 Å². The first-order valence-corrected chi connectivity index (χ1v) is 6.14. The van der Waals surface area contributed by atoms with Crippen LogP contribution in [0.2, 0.25) is 0 Å². The molecule has 0 saturated carbocycles. The zero-order valence-electron chi connectivity index (χ0n) is 8.06. The maximum Gasteiger partial charge on any atom is 0.236 e. The second-order valence-electron chi connectivity index (χ2n) is 2.93. The number of thiophene rings is 1. The summed E-state index contributed by atoms with van der Waals surface area (Å²) in [5.41, 5.74) is 0. The van der Waals surface area contributed by atoms with Gasteiger partial charge in [-0.15, -0.1) is 16.4 Å². The van der Waals surface area contributed by atoms with Crippen molar-refractivity contribution >= 4 is 40.4 Å². The lowest BCUT2D eigenvalue weighted by Crippen LogP contribution is -2.19. The lowest BCUT2D eigenvalue weighted by atomic mass is 10.4. The molecule has 0 spiro atoms. The summed E-state index contributed by atoms with van der Waals surface area (Å²) >= 11 is 3.03. The van der Waals surface area contributed by atoms with Crippen LogP contribution in [0, 0.1) is 6.92 Å². The second-order valence-corrected chi connectivity index (χ2v) is 5.22. The molecule has 78 valence electrons.